The molecule has 2 heterocycles. The lowest BCUT2D eigenvalue weighted by Gasteiger charge is -2.35. The Bertz CT molecular complexity index is 675. The number of aromatic nitrogens is 1. The van der Waals surface area contributed by atoms with E-state index < -0.39 is 0 Å². The molecule has 2 aromatic rings. The molecule has 6 heteroatoms. The van der Waals surface area contributed by atoms with Gasteiger partial charge in [-0.3, -0.25) is 4.90 Å². The summed E-state index contributed by atoms with van der Waals surface area (Å²) in [7, 11) is 1.69. The molecule has 0 saturated carbocycles. The van der Waals surface area contributed by atoms with Crippen molar-refractivity contribution in [1.82, 2.24) is 9.88 Å². The molecule has 0 radical (unpaired) electrons. The van der Waals surface area contributed by atoms with E-state index in [9.17, 15) is 5.11 Å². The number of hydrogen-bond donors (Lipinski definition) is 1. The highest BCUT2D eigenvalue weighted by atomic mass is 79.9. The number of nitrogens with zero attached hydrogens (tertiary/aromatic N) is 2. The third kappa shape index (κ3) is 4.17. The quantitative estimate of drug-likeness (QED) is 0.769. The van der Waals surface area contributed by atoms with Gasteiger partial charge in [-0.15, -0.1) is 11.3 Å². The molecular formula is C18H23BrN2O2S. The van der Waals surface area contributed by atoms with Crippen molar-refractivity contribution in [2.24, 2.45) is 0 Å². The van der Waals surface area contributed by atoms with Gasteiger partial charge in [0.05, 0.1) is 18.4 Å². The van der Waals surface area contributed by atoms with Gasteiger partial charge < -0.3 is 9.84 Å². The second-order valence-electron chi connectivity index (χ2n) is 6.12. The van der Waals surface area contributed by atoms with E-state index in [0.29, 0.717) is 6.04 Å². The standard InChI is InChI=1S/C18H23BrN2O2S/c1-23-17-6-5-13(19)10-16(17)18-20-14(12-24-18)11-21-8-3-2-4-15(21)7-9-22/h5-6,10,12,15,22H,2-4,7-9,11H2,1H3. The van der Waals surface area contributed by atoms with Crippen LogP contribution in [0.1, 0.15) is 31.4 Å². The van der Waals surface area contributed by atoms with Crippen LogP contribution in [0.4, 0.5) is 0 Å². The predicted octanol–water partition coefficient (Wildman–Crippen LogP) is 4.32. The molecule has 1 aliphatic rings. The largest absolute Gasteiger partial charge is 0.496 e. The van der Waals surface area contributed by atoms with E-state index in [1.54, 1.807) is 18.4 Å². The van der Waals surface area contributed by atoms with Gasteiger partial charge >= 0.3 is 0 Å². The summed E-state index contributed by atoms with van der Waals surface area (Å²) in [6.07, 6.45) is 4.53. The number of likely N-dealkylation sites (tertiary alicyclic amines) is 1. The van der Waals surface area contributed by atoms with Crippen LogP contribution in [0.2, 0.25) is 0 Å². The molecule has 0 bridgehead atoms. The molecule has 1 N–H and O–H groups in total. The summed E-state index contributed by atoms with van der Waals surface area (Å²) in [6, 6.07) is 6.47. The summed E-state index contributed by atoms with van der Waals surface area (Å²) in [6.45, 7) is 2.22. The van der Waals surface area contributed by atoms with Crippen LogP contribution in [-0.4, -0.2) is 41.3 Å². The van der Waals surface area contributed by atoms with Crippen LogP contribution >= 0.6 is 27.3 Å². The zero-order valence-corrected chi connectivity index (χ0v) is 16.3. The van der Waals surface area contributed by atoms with Crippen molar-refractivity contribution < 1.29 is 9.84 Å². The fourth-order valence-corrected chi connectivity index (χ4v) is 4.50. The molecule has 3 rings (SSSR count). The lowest BCUT2D eigenvalue weighted by atomic mass is 9.99. The fraction of sp³-hybridized carbons (Fsp3) is 0.500. The second-order valence-corrected chi connectivity index (χ2v) is 7.89. The van der Waals surface area contributed by atoms with Crippen LogP contribution in [0, 0.1) is 0 Å². The maximum Gasteiger partial charge on any atom is 0.129 e. The Morgan fingerprint density at radius 3 is 3.08 bits per heavy atom. The molecule has 0 aliphatic carbocycles. The Balaban J connectivity index is 1.77. The number of halogens is 1. The molecule has 130 valence electrons. The monoisotopic (exact) mass is 410 g/mol. The molecule has 1 aromatic heterocycles. The summed E-state index contributed by atoms with van der Waals surface area (Å²) in [5.74, 6) is 0.843. The Labute approximate surface area is 155 Å². The number of piperidine rings is 1. The number of aliphatic hydroxyl groups excluding tert-OH is 1. The van der Waals surface area contributed by atoms with E-state index in [1.165, 1.54) is 19.3 Å². The number of methoxy groups -OCH3 is 1. The van der Waals surface area contributed by atoms with Crippen LogP contribution in [-0.2, 0) is 6.54 Å². The first-order valence-electron chi connectivity index (χ1n) is 8.34. The number of rotatable bonds is 6. The van der Waals surface area contributed by atoms with E-state index in [0.717, 1.165) is 46.0 Å². The van der Waals surface area contributed by atoms with E-state index >= 15 is 0 Å². The molecule has 1 aromatic carbocycles. The minimum Gasteiger partial charge on any atom is -0.496 e. The molecule has 0 spiro atoms. The topological polar surface area (TPSA) is 45.6 Å². The van der Waals surface area contributed by atoms with Gasteiger partial charge in [0.2, 0.25) is 0 Å². The highest BCUT2D eigenvalue weighted by Gasteiger charge is 2.23. The maximum atomic E-state index is 9.28. The zero-order chi connectivity index (χ0) is 16.9. The molecule has 1 saturated heterocycles. The summed E-state index contributed by atoms with van der Waals surface area (Å²) >= 11 is 5.18. The minimum absolute atomic E-state index is 0.263. The van der Waals surface area contributed by atoms with Crippen molar-refractivity contribution in [1.29, 1.82) is 0 Å². The smallest absolute Gasteiger partial charge is 0.129 e. The van der Waals surface area contributed by atoms with Crippen LogP contribution in [0.5, 0.6) is 5.75 Å². The van der Waals surface area contributed by atoms with Gasteiger partial charge in [-0.2, -0.15) is 0 Å². The van der Waals surface area contributed by atoms with Crippen LogP contribution in [0.15, 0.2) is 28.1 Å². The number of benzene rings is 1. The minimum atomic E-state index is 0.263. The van der Waals surface area contributed by atoms with Crippen LogP contribution in [0.3, 0.4) is 0 Å². The first-order chi connectivity index (χ1) is 11.7. The molecule has 4 nitrogen and oxygen atoms in total. The molecule has 1 unspecified atom stereocenters. The molecule has 1 aliphatic heterocycles. The third-order valence-corrected chi connectivity index (χ3v) is 5.94. The first-order valence-corrected chi connectivity index (χ1v) is 10.0. The highest BCUT2D eigenvalue weighted by molar-refractivity contribution is 9.10. The van der Waals surface area contributed by atoms with E-state index in [4.69, 9.17) is 9.72 Å². The average molecular weight is 411 g/mol. The summed E-state index contributed by atoms with van der Waals surface area (Å²) in [4.78, 5) is 7.30. The summed E-state index contributed by atoms with van der Waals surface area (Å²) < 4.78 is 6.49. The van der Waals surface area contributed by atoms with Gasteiger partial charge in [-0.1, -0.05) is 22.4 Å². The van der Waals surface area contributed by atoms with Crippen molar-refractivity contribution in [2.75, 3.05) is 20.3 Å². The van der Waals surface area contributed by atoms with E-state index in [2.05, 4.69) is 32.3 Å². The van der Waals surface area contributed by atoms with Gasteiger partial charge in [0.15, 0.2) is 0 Å². The zero-order valence-electron chi connectivity index (χ0n) is 13.9. The van der Waals surface area contributed by atoms with Crippen molar-refractivity contribution in [3.8, 4) is 16.3 Å². The van der Waals surface area contributed by atoms with Crippen molar-refractivity contribution in [3.63, 3.8) is 0 Å². The SMILES string of the molecule is COc1ccc(Br)cc1-c1nc(CN2CCCCC2CCO)cs1. The average Bonchev–Trinajstić information content (AvgIpc) is 3.05. The van der Waals surface area contributed by atoms with Crippen LogP contribution in [0.25, 0.3) is 10.6 Å². The normalized spacial score (nSPS) is 18.7. The molecule has 24 heavy (non-hydrogen) atoms. The Kier molecular flexibility index (Phi) is 6.27. The van der Waals surface area contributed by atoms with Gasteiger partial charge in [-0.25, -0.2) is 4.98 Å². The van der Waals surface area contributed by atoms with Gasteiger partial charge in [0, 0.05) is 29.0 Å². The van der Waals surface area contributed by atoms with Crippen molar-refractivity contribution in [2.45, 2.75) is 38.3 Å². The lowest BCUT2D eigenvalue weighted by molar-refractivity contribution is 0.111. The molecule has 1 fully saturated rings. The van der Waals surface area contributed by atoms with Crippen molar-refractivity contribution in [3.05, 3.63) is 33.7 Å². The fourth-order valence-electron chi connectivity index (χ4n) is 3.30. The van der Waals surface area contributed by atoms with Gasteiger partial charge in [0.25, 0.3) is 0 Å². The number of hydrogen-bond acceptors (Lipinski definition) is 5. The van der Waals surface area contributed by atoms with E-state index in [-0.39, 0.29) is 6.61 Å². The number of aliphatic hydroxyl groups is 1. The van der Waals surface area contributed by atoms with Crippen LogP contribution < -0.4 is 4.74 Å². The van der Waals surface area contributed by atoms with Gasteiger partial charge in [-0.05, 0) is 44.0 Å². The Morgan fingerprint density at radius 1 is 1.42 bits per heavy atom. The molecule has 1 atom stereocenters. The van der Waals surface area contributed by atoms with Gasteiger partial charge in [0.1, 0.15) is 10.8 Å². The predicted molar refractivity (Wildman–Crippen MR) is 102 cm³/mol. The molecule has 0 amide bonds. The highest BCUT2D eigenvalue weighted by Crippen LogP contribution is 2.35. The summed E-state index contributed by atoms with van der Waals surface area (Å²) in [5, 5.41) is 12.4. The second kappa shape index (κ2) is 8.43. The summed E-state index contributed by atoms with van der Waals surface area (Å²) in [5.41, 5.74) is 2.12. The lowest BCUT2D eigenvalue weighted by Crippen LogP contribution is -2.39. The molecular weight excluding hydrogens is 388 g/mol. The Hall–Kier alpha value is -0.950. The Morgan fingerprint density at radius 2 is 2.29 bits per heavy atom. The maximum absolute atomic E-state index is 9.28. The van der Waals surface area contributed by atoms with E-state index in [1.807, 2.05) is 12.1 Å². The number of thiazole rings is 1. The first kappa shape index (κ1) is 17.9. The third-order valence-electron chi connectivity index (χ3n) is 4.52. The van der Waals surface area contributed by atoms with Crippen molar-refractivity contribution >= 4 is 27.3 Å². The number of ether oxygens (including phenoxy) is 1.